The molecule has 1 aliphatic rings. The highest BCUT2D eigenvalue weighted by Crippen LogP contribution is 2.39. The van der Waals surface area contributed by atoms with Gasteiger partial charge in [0.25, 0.3) is 0 Å². The maximum absolute atomic E-state index is 11.7. The molecule has 0 amide bonds. The molecule has 0 fully saturated rings. The topological polar surface area (TPSA) is 99.4 Å². The van der Waals surface area contributed by atoms with Gasteiger partial charge in [0.1, 0.15) is 19.5 Å². The van der Waals surface area contributed by atoms with Crippen LogP contribution in [0, 0.1) is 17.0 Å². The Hall–Kier alpha value is -3.33. The molecule has 3 aromatic rings. The van der Waals surface area contributed by atoms with E-state index in [0.29, 0.717) is 30.4 Å². The van der Waals surface area contributed by atoms with E-state index in [9.17, 15) is 10.1 Å². The third-order valence-electron chi connectivity index (χ3n) is 4.01. The molecule has 0 saturated carbocycles. The highest BCUT2D eigenvalue weighted by Gasteiger charge is 2.24. The molecule has 0 bridgehead atoms. The minimum absolute atomic E-state index is 0.117. The average molecular weight is 396 g/mol. The first kappa shape index (κ1) is 18.1. The Labute approximate surface area is 165 Å². The zero-order chi connectivity index (χ0) is 19.5. The molecule has 0 atom stereocenters. The van der Waals surface area contributed by atoms with E-state index in [1.165, 1.54) is 18.1 Å². The Kier molecular flexibility index (Phi) is 4.98. The molecule has 8 nitrogen and oxygen atoms in total. The number of aryl methyl sites for hydroxylation is 1. The van der Waals surface area contributed by atoms with Gasteiger partial charge in [-0.2, -0.15) is 0 Å². The summed E-state index contributed by atoms with van der Waals surface area (Å²) < 4.78 is 11.1. The highest BCUT2D eigenvalue weighted by atomic mass is 32.2. The lowest BCUT2D eigenvalue weighted by Gasteiger charge is -2.19. The Morgan fingerprint density at radius 1 is 1.07 bits per heavy atom. The molecule has 9 heteroatoms. The van der Waals surface area contributed by atoms with Crippen molar-refractivity contribution in [2.24, 2.45) is 0 Å². The number of anilines is 2. The zero-order valence-corrected chi connectivity index (χ0v) is 15.7. The molecule has 1 aromatic heterocycles. The Morgan fingerprint density at radius 3 is 2.57 bits per heavy atom. The van der Waals surface area contributed by atoms with Gasteiger partial charge in [0.15, 0.2) is 16.5 Å². The number of nitrogens with zero attached hydrogens (tertiary/aromatic N) is 3. The van der Waals surface area contributed by atoms with Gasteiger partial charge in [-0.15, -0.1) is 0 Å². The first-order valence-corrected chi connectivity index (χ1v) is 9.32. The van der Waals surface area contributed by atoms with E-state index < -0.39 is 4.92 Å². The van der Waals surface area contributed by atoms with Crippen LogP contribution in [-0.4, -0.2) is 28.1 Å². The Balaban J connectivity index is 1.65. The number of aromatic nitrogens is 2. The molecular formula is C19H16N4O4S. The van der Waals surface area contributed by atoms with E-state index in [0.717, 1.165) is 10.5 Å². The molecular weight excluding hydrogens is 380 g/mol. The predicted molar refractivity (Wildman–Crippen MR) is 105 cm³/mol. The average Bonchev–Trinajstić information content (AvgIpc) is 2.69. The Bertz CT molecular complexity index is 1030. The van der Waals surface area contributed by atoms with E-state index >= 15 is 0 Å². The van der Waals surface area contributed by atoms with E-state index in [4.69, 9.17) is 9.47 Å². The van der Waals surface area contributed by atoms with E-state index in [1.54, 1.807) is 18.2 Å². The van der Waals surface area contributed by atoms with Crippen LogP contribution in [0.5, 0.6) is 11.5 Å². The fourth-order valence-corrected chi connectivity index (χ4v) is 3.53. The van der Waals surface area contributed by atoms with E-state index in [-0.39, 0.29) is 16.5 Å². The number of hydrogen-bond acceptors (Lipinski definition) is 8. The van der Waals surface area contributed by atoms with Gasteiger partial charge in [0.05, 0.1) is 4.92 Å². The van der Waals surface area contributed by atoms with Crippen molar-refractivity contribution in [3.05, 3.63) is 64.5 Å². The maximum Gasteiger partial charge on any atom is 0.343 e. The molecule has 28 heavy (non-hydrogen) atoms. The van der Waals surface area contributed by atoms with Gasteiger partial charge in [0, 0.05) is 16.6 Å². The van der Waals surface area contributed by atoms with Crippen molar-refractivity contribution in [2.75, 3.05) is 18.5 Å². The summed E-state index contributed by atoms with van der Waals surface area (Å²) in [5, 5.41) is 15.0. The van der Waals surface area contributed by atoms with Crippen LogP contribution in [-0.2, 0) is 0 Å². The monoisotopic (exact) mass is 396 g/mol. The molecule has 2 aromatic carbocycles. The fraction of sp³-hybridized carbons (Fsp3) is 0.158. The van der Waals surface area contributed by atoms with Crippen molar-refractivity contribution >= 4 is 29.0 Å². The summed E-state index contributed by atoms with van der Waals surface area (Å²) >= 11 is 1.22. The van der Waals surface area contributed by atoms with Gasteiger partial charge in [-0.05, 0) is 31.2 Å². The van der Waals surface area contributed by atoms with Crippen molar-refractivity contribution < 1.29 is 14.4 Å². The number of hydrogen-bond donors (Lipinski definition) is 1. The van der Waals surface area contributed by atoms with Crippen LogP contribution in [0.4, 0.5) is 17.2 Å². The molecule has 0 unspecified atom stereocenters. The van der Waals surface area contributed by atoms with Crippen LogP contribution in [0.3, 0.4) is 0 Å². The van der Waals surface area contributed by atoms with Gasteiger partial charge in [-0.1, -0.05) is 29.5 Å². The largest absolute Gasteiger partial charge is 0.486 e. The summed E-state index contributed by atoms with van der Waals surface area (Å²) in [5.74, 6) is 1.35. The highest BCUT2D eigenvalue weighted by molar-refractivity contribution is 7.99. The van der Waals surface area contributed by atoms with Gasteiger partial charge >= 0.3 is 5.69 Å². The molecule has 1 aliphatic heterocycles. The molecule has 0 radical (unpaired) electrons. The molecule has 1 N–H and O–H groups in total. The lowest BCUT2D eigenvalue weighted by Crippen LogP contribution is -2.15. The van der Waals surface area contributed by atoms with Crippen LogP contribution >= 0.6 is 11.8 Å². The van der Waals surface area contributed by atoms with E-state index in [2.05, 4.69) is 15.3 Å². The third-order valence-corrected chi connectivity index (χ3v) is 5.01. The lowest BCUT2D eigenvalue weighted by atomic mass is 10.2. The van der Waals surface area contributed by atoms with Crippen LogP contribution < -0.4 is 14.8 Å². The van der Waals surface area contributed by atoms with E-state index in [1.807, 2.05) is 31.2 Å². The molecule has 142 valence electrons. The van der Waals surface area contributed by atoms with Gasteiger partial charge in [0.2, 0.25) is 5.82 Å². The number of nitro groups is 1. The summed E-state index contributed by atoms with van der Waals surface area (Å²) in [6.07, 6.45) is 1.31. The van der Waals surface area contributed by atoms with Crippen molar-refractivity contribution in [3.8, 4) is 11.5 Å². The van der Waals surface area contributed by atoms with Crippen molar-refractivity contribution in [2.45, 2.75) is 16.8 Å². The van der Waals surface area contributed by atoms with Crippen molar-refractivity contribution in [1.29, 1.82) is 0 Å². The van der Waals surface area contributed by atoms with Crippen molar-refractivity contribution in [1.82, 2.24) is 9.97 Å². The number of rotatable bonds is 5. The molecule has 0 spiro atoms. The lowest BCUT2D eigenvalue weighted by molar-refractivity contribution is -0.387. The SMILES string of the molecule is Cc1ccc(Sc2ncnc(Nc3ccc4c(c3)OCCO4)c2[N+](=O)[O-])cc1. The number of benzene rings is 2. The van der Waals surface area contributed by atoms with Crippen LogP contribution in [0.1, 0.15) is 5.56 Å². The summed E-state index contributed by atoms with van der Waals surface area (Å²) in [6.45, 7) is 2.94. The number of fused-ring (bicyclic) bond motifs is 1. The fourth-order valence-electron chi connectivity index (χ4n) is 2.67. The smallest absolute Gasteiger partial charge is 0.343 e. The second kappa shape index (κ2) is 7.73. The quantitative estimate of drug-likeness (QED) is 0.386. The molecule has 0 aliphatic carbocycles. The molecule has 4 rings (SSSR count). The third kappa shape index (κ3) is 3.84. The molecule has 2 heterocycles. The number of ether oxygens (including phenoxy) is 2. The first-order chi connectivity index (χ1) is 13.6. The Morgan fingerprint density at radius 2 is 1.82 bits per heavy atom. The minimum atomic E-state index is -0.475. The summed E-state index contributed by atoms with van der Waals surface area (Å²) in [4.78, 5) is 20.3. The van der Waals surface area contributed by atoms with Crippen molar-refractivity contribution in [3.63, 3.8) is 0 Å². The summed E-state index contributed by atoms with van der Waals surface area (Å²) in [6, 6.07) is 12.9. The first-order valence-electron chi connectivity index (χ1n) is 8.51. The van der Waals surface area contributed by atoms with Crippen LogP contribution in [0.25, 0.3) is 0 Å². The zero-order valence-electron chi connectivity index (χ0n) is 14.9. The summed E-state index contributed by atoms with van der Waals surface area (Å²) in [7, 11) is 0. The standard InChI is InChI=1S/C19H16N4O4S/c1-12-2-5-14(6-3-12)28-19-17(23(24)25)18(20-11-21-19)22-13-4-7-15-16(10-13)27-9-8-26-15/h2-7,10-11H,8-9H2,1H3,(H,20,21,22). The number of nitrogens with one attached hydrogen (secondary N) is 1. The normalized spacial score (nSPS) is 12.5. The minimum Gasteiger partial charge on any atom is -0.486 e. The molecule has 0 saturated heterocycles. The second-order valence-corrected chi connectivity index (χ2v) is 7.09. The van der Waals surface area contributed by atoms with Gasteiger partial charge in [-0.25, -0.2) is 9.97 Å². The van der Waals surface area contributed by atoms with Gasteiger partial charge in [-0.3, -0.25) is 10.1 Å². The summed E-state index contributed by atoms with van der Waals surface area (Å²) in [5.41, 5.74) is 1.54. The van der Waals surface area contributed by atoms with Crippen LogP contribution in [0.2, 0.25) is 0 Å². The predicted octanol–water partition coefficient (Wildman–Crippen LogP) is 4.36. The second-order valence-electron chi connectivity index (χ2n) is 6.03. The maximum atomic E-state index is 11.7. The van der Waals surface area contributed by atoms with Gasteiger partial charge < -0.3 is 14.8 Å². The van der Waals surface area contributed by atoms with Crippen LogP contribution in [0.15, 0.2) is 58.7 Å².